The predicted octanol–water partition coefficient (Wildman–Crippen LogP) is 3.91. The minimum atomic E-state index is 0.188. The molecule has 0 bridgehead atoms. The lowest BCUT2D eigenvalue weighted by atomic mass is 9.98. The molecule has 1 amide bonds. The zero-order chi connectivity index (χ0) is 20.4. The van der Waals surface area contributed by atoms with Crippen LogP contribution >= 0.6 is 11.3 Å². The fraction of sp³-hybridized carbons (Fsp3) is 0.727. The summed E-state index contributed by atoms with van der Waals surface area (Å²) in [4.78, 5) is 20.9. The molecule has 1 aliphatic rings. The zero-order valence-corrected chi connectivity index (χ0v) is 18.9. The van der Waals surface area contributed by atoms with E-state index >= 15 is 0 Å². The Bertz CT molecular complexity index is 590. The summed E-state index contributed by atoms with van der Waals surface area (Å²) in [5, 5.41) is 9.10. The number of likely N-dealkylation sites (tertiary alicyclic amines) is 1. The second-order valence-electron chi connectivity index (χ2n) is 7.87. The number of amides is 1. The van der Waals surface area contributed by atoms with Gasteiger partial charge < -0.3 is 15.5 Å². The molecule has 1 fully saturated rings. The number of hydrogen-bond acceptors (Lipinski definition) is 3. The Labute approximate surface area is 175 Å². The Balaban J connectivity index is 1.81. The van der Waals surface area contributed by atoms with Crippen LogP contribution in [-0.2, 0) is 11.2 Å². The summed E-state index contributed by atoms with van der Waals surface area (Å²) in [5.74, 6) is 1.96. The van der Waals surface area contributed by atoms with Crippen molar-refractivity contribution in [1.29, 1.82) is 0 Å². The van der Waals surface area contributed by atoms with Crippen molar-refractivity contribution in [3.05, 3.63) is 22.4 Å². The van der Waals surface area contributed by atoms with E-state index in [1.54, 1.807) is 0 Å². The maximum Gasteiger partial charge on any atom is 0.225 e. The third-order valence-corrected chi connectivity index (χ3v) is 6.42. The highest BCUT2D eigenvalue weighted by atomic mass is 32.1. The average molecular weight is 407 g/mol. The number of carbonyl (C=O) groups excluding carboxylic acids is 1. The second kappa shape index (κ2) is 12.1. The van der Waals surface area contributed by atoms with Gasteiger partial charge in [0.2, 0.25) is 5.91 Å². The smallest absolute Gasteiger partial charge is 0.225 e. The zero-order valence-electron chi connectivity index (χ0n) is 18.0. The molecule has 0 saturated carbocycles. The molecule has 2 N–H and O–H groups in total. The fourth-order valence-electron chi connectivity index (χ4n) is 3.74. The van der Waals surface area contributed by atoms with Gasteiger partial charge in [-0.2, -0.15) is 0 Å². The number of piperidine rings is 1. The molecule has 158 valence electrons. The van der Waals surface area contributed by atoms with E-state index in [2.05, 4.69) is 60.7 Å². The molecule has 2 heterocycles. The predicted molar refractivity (Wildman–Crippen MR) is 120 cm³/mol. The Morgan fingerprint density at radius 2 is 2.00 bits per heavy atom. The van der Waals surface area contributed by atoms with Gasteiger partial charge in [0, 0.05) is 43.0 Å². The van der Waals surface area contributed by atoms with E-state index in [-0.39, 0.29) is 5.92 Å². The monoisotopic (exact) mass is 406 g/mol. The third-order valence-electron chi connectivity index (χ3n) is 5.52. The van der Waals surface area contributed by atoms with Crippen molar-refractivity contribution >= 4 is 23.2 Å². The topological polar surface area (TPSA) is 56.7 Å². The summed E-state index contributed by atoms with van der Waals surface area (Å²) in [6.07, 6.45) is 4.93. The number of rotatable bonds is 9. The van der Waals surface area contributed by atoms with Crippen LogP contribution in [0.25, 0.3) is 0 Å². The van der Waals surface area contributed by atoms with E-state index in [0.29, 0.717) is 17.9 Å². The van der Waals surface area contributed by atoms with Crippen LogP contribution in [0, 0.1) is 11.8 Å². The highest BCUT2D eigenvalue weighted by molar-refractivity contribution is 7.09. The van der Waals surface area contributed by atoms with Crippen molar-refractivity contribution in [2.75, 3.05) is 26.2 Å². The minimum absolute atomic E-state index is 0.188. The molecule has 2 rings (SSSR count). The molecule has 0 aromatic carbocycles. The van der Waals surface area contributed by atoms with Gasteiger partial charge >= 0.3 is 0 Å². The fourth-order valence-corrected chi connectivity index (χ4v) is 4.61. The third kappa shape index (κ3) is 7.12. The van der Waals surface area contributed by atoms with Gasteiger partial charge in [0.15, 0.2) is 5.96 Å². The summed E-state index contributed by atoms with van der Waals surface area (Å²) in [5.41, 5.74) is 0. The van der Waals surface area contributed by atoms with Crippen LogP contribution in [0.3, 0.4) is 0 Å². The lowest BCUT2D eigenvalue weighted by Crippen LogP contribution is -2.50. The first kappa shape index (κ1) is 22.7. The molecule has 0 radical (unpaired) electrons. The highest BCUT2D eigenvalue weighted by Gasteiger charge is 2.26. The highest BCUT2D eigenvalue weighted by Crippen LogP contribution is 2.18. The summed E-state index contributed by atoms with van der Waals surface area (Å²) in [7, 11) is 0. The number of aliphatic imine (C=N–C) groups is 1. The summed E-state index contributed by atoms with van der Waals surface area (Å²) in [6.45, 7) is 12.0. The van der Waals surface area contributed by atoms with Crippen LogP contribution in [0.15, 0.2) is 22.5 Å². The van der Waals surface area contributed by atoms with Crippen LogP contribution in [0.4, 0.5) is 0 Å². The lowest BCUT2D eigenvalue weighted by molar-refractivity contribution is -0.136. The van der Waals surface area contributed by atoms with E-state index < -0.39 is 0 Å². The van der Waals surface area contributed by atoms with E-state index in [9.17, 15) is 4.79 Å². The summed E-state index contributed by atoms with van der Waals surface area (Å²) in [6, 6.07) is 4.70. The molecule has 1 saturated heterocycles. The van der Waals surface area contributed by atoms with Crippen molar-refractivity contribution in [2.45, 2.75) is 65.8 Å². The molecule has 0 spiro atoms. The first-order valence-corrected chi connectivity index (χ1v) is 11.8. The average Bonchev–Trinajstić information content (AvgIpc) is 3.20. The quantitative estimate of drug-likeness (QED) is 0.483. The van der Waals surface area contributed by atoms with Crippen molar-refractivity contribution in [3.8, 4) is 0 Å². The number of thiophene rings is 1. The second-order valence-corrected chi connectivity index (χ2v) is 8.90. The normalized spacial score (nSPS) is 17.0. The first-order chi connectivity index (χ1) is 13.6. The maximum atomic E-state index is 12.6. The van der Waals surface area contributed by atoms with Crippen LogP contribution in [0.5, 0.6) is 0 Å². The van der Waals surface area contributed by atoms with Gasteiger partial charge in [0.25, 0.3) is 0 Å². The summed E-state index contributed by atoms with van der Waals surface area (Å²) >= 11 is 1.82. The first-order valence-electron chi connectivity index (χ1n) is 10.9. The van der Waals surface area contributed by atoms with Crippen molar-refractivity contribution in [1.82, 2.24) is 15.5 Å². The van der Waals surface area contributed by atoms with Gasteiger partial charge in [-0.25, -0.2) is 0 Å². The molecular formula is C22H38N4OS. The molecule has 1 aromatic heterocycles. The Morgan fingerprint density at radius 1 is 1.29 bits per heavy atom. The van der Waals surface area contributed by atoms with Crippen LogP contribution in [-0.4, -0.2) is 49.0 Å². The van der Waals surface area contributed by atoms with Gasteiger partial charge in [0.05, 0.1) is 0 Å². The number of hydrogen-bond donors (Lipinski definition) is 2. The maximum absolute atomic E-state index is 12.6. The van der Waals surface area contributed by atoms with E-state index in [4.69, 9.17) is 4.99 Å². The van der Waals surface area contributed by atoms with Crippen molar-refractivity contribution in [3.63, 3.8) is 0 Å². The van der Waals surface area contributed by atoms with Gasteiger partial charge in [-0.05, 0) is 56.4 Å². The van der Waals surface area contributed by atoms with Crippen LogP contribution in [0.1, 0.15) is 58.3 Å². The van der Waals surface area contributed by atoms with E-state index in [0.717, 1.165) is 64.2 Å². The van der Waals surface area contributed by atoms with Crippen LogP contribution < -0.4 is 10.6 Å². The largest absolute Gasteiger partial charge is 0.357 e. The molecule has 5 nitrogen and oxygen atoms in total. The number of nitrogens with one attached hydrogen (secondary N) is 2. The van der Waals surface area contributed by atoms with E-state index in [1.165, 1.54) is 4.88 Å². The van der Waals surface area contributed by atoms with Crippen LogP contribution in [0.2, 0.25) is 0 Å². The lowest BCUT2D eigenvalue weighted by Gasteiger charge is -2.35. The molecule has 6 heteroatoms. The number of guanidine groups is 1. The van der Waals surface area contributed by atoms with Crippen molar-refractivity contribution < 1.29 is 4.79 Å². The number of nitrogens with zero attached hydrogens (tertiary/aromatic N) is 2. The SMILES string of the molecule is CCNC(=NCC(C)Cc1cccs1)NC1CCN(C(=O)C(CC)CC)CC1. The molecule has 28 heavy (non-hydrogen) atoms. The minimum Gasteiger partial charge on any atom is -0.357 e. The molecule has 1 atom stereocenters. The molecule has 1 aliphatic heterocycles. The Hall–Kier alpha value is -1.56. The van der Waals surface area contributed by atoms with Gasteiger partial charge in [-0.15, -0.1) is 11.3 Å². The standard InChI is InChI=1S/C22H38N4OS/c1-5-18(6-2)21(27)26-12-10-19(11-13-26)25-22(23-7-3)24-16-17(4)15-20-9-8-14-28-20/h8-9,14,17-19H,5-7,10-13,15-16H2,1-4H3,(H2,23,24,25). The van der Waals surface area contributed by atoms with Gasteiger partial charge in [0.1, 0.15) is 0 Å². The van der Waals surface area contributed by atoms with Crippen molar-refractivity contribution in [2.24, 2.45) is 16.8 Å². The van der Waals surface area contributed by atoms with Gasteiger partial charge in [-0.1, -0.05) is 26.8 Å². The molecule has 1 unspecified atom stereocenters. The summed E-state index contributed by atoms with van der Waals surface area (Å²) < 4.78 is 0. The molecular weight excluding hydrogens is 368 g/mol. The molecule has 0 aliphatic carbocycles. The molecule has 1 aromatic rings. The number of carbonyl (C=O) groups is 1. The Morgan fingerprint density at radius 3 is 2.57 bits per heavy atom. The van der Waals surface area contributed by atoms with E-state index in [1.807, 2.05) is 11.3 Å². The Kier molecular flexibility index (Phi) is 9.82. The van der Waals surface area contributed by atoms with Gasteiger partial charge in [-0.3, -0.25) is 9.79 Å².